The molecule has 9 aromatic rings. The summed E-state index contributed by atoms with van der Waals surface area (Å²) < 4.78 is 2.47. The van der Waals surface area contributed by atoms with Crippen LogP contribution >= 0.6 is 0 Å². The maximum absolute atomic E-state index is 5.07. The normalized spacial score (nSPS) is 17.7. The Morgan fingerprint density at radius 1 is 0.484 bits per heavy atom. The van der Waals surface area contributed by atoms with Gasteiger partial charge in [0.1, 0.15) is 12.0 Å². The fourth-order valence-corrected chi connectivity index (χ4v) is 9.73. The lowest BCUT2D eigenvalue weighted by Gasteiger charge is -2.37. The predicted molar refractivity (Wildman–Crippen MR) is 257 cm³/mol. The van der Waals surface area contributed by atoms with Crippen molar-refractivity contribution in [3.63, 3.8) is 0 Å². The summed E-state index contributed by atoms with van der Waals surface area (Å²) in [6.07, 6.45) is 8.95. The largest absolute Gasteiger partial charge is 0.344 e. The summed E-state index contributed by atoms with van der Waals surface area (Å²) in [4.78, 5) is 12.7. The molecule has 2 aliphatic heterocycles. The second kappa shape index (κ2) is 14.9. The molecule has 0 spiro atoms. The first-order chi connectivity index (χ1) is 30.8. The van der Waals surface area contributed by atoms with Gasteiger partial charge in [-0.3, -0.25) is 0 Å². The number of fused-ring (bicyclic) bond motifs is 9. The minimum Gasteiger partial charge on any atom is -0.344 e. The van der Waals surface area contributed by atoms with Crippen molar-refractivity contribution in [3.05, 3.63) is 247 Å². The minimum atomic E-state index is -0.252. The van der Waals surface area contributed by atoms with E-state index in [1.807, 2.05) is 24.3 Å². The first kappa shape index (κ1) is 35.9. The van der Waals surface area contributed by atoms with Crippen molar-refractivity contribution in [1.29, 1.82) is 0 Å². The highest BCUT2D eigenvalue weighted by Gasteiger charge is 2.37. The second-order valence-corrected chi connectivity index (χ2v) is 16.2. The fraction of sp³-hybridized carbons (Fsp3) is 0.0526. The zero-order valence-corrected chi connectivity index (χ0v) is 33.9. The van der Waals surface area contributed by atoms with Crippen LogP contribution in [0, 0.1) is 0 Å². The highest BCUT2D eigenvalue weighted by Crippen LogP contribution is 2.52. The van der Waals surface area contributed by atoms with E-state index < -0.39 is 0 Å². The molecule has 3 unspecified atom stereocenters. The van der Waals surface area contributed by atoms with Crippen LogP contribution in [0.2, 0.25) is 0 Å². The maximum atomic E-state index is 5.07. The molecule has 1 aliphatic carbocycles. The van der Waals surface area contributed by atoms with Crippen LogP contribution in [-0.4, -0.2) is 22.3 Å². The Kier molecular flexibility index (Phi) is 8.63. The van der Waals surface area contributed by atoms with Gasteiger partial charge in [0, 0.05) is 44.8 Å². The van der Waals surface area contributed by atoms with Crippen LogP contribution in [0.4, 0.5) is 11.4 Å². The van der Waals surface area contributed by atoms with E-state index in [2.05, 4.69) is 215 Å². The molecule has 12 rings (SSSR count). The van der Waals surface area contributed by atoms with E-state index in [-0.39, 0.29) is 18.1 Å². The number of hydrogen-bond donors (Lipinski definition) is 1. The van der Waals surface area contributed by atoms with Gasteiger partial charge in [-0.15, -0.1) is 0 Å². The van der Waals surface area contributed by atoms with Gasteiger partial charge in [0.25, 0.3) is 0 Å². The van der Waals surface area contributed by atoms with Crippen molar-refractivity contribution in [2.75, 3.05) is 4.90 Å². The predicted octanol–water partition coefficient (Wildman–Crippen LogP) is 13.3. The Bertz CT molecular complexity index is 3270. The number of benzene rings is 8. The molecule has 0 amide bonds. The minimum absolute atomic E-state index is 0.0290. The van der Waals surface area contributed by atoms with Crippen LogP contribution in [0.5, 0.6) is 0 Å². The Labute approximate surface area is 361 Å². The molecule has 3 aliphatic rings. The summed E-state index contributed by atoms with van der Waals surface area (Å²) in [7, 11) is 0. The zero-order chi connectivity index (χ0) is 41.0. The molecule has 5 nitrogen and oxygen atoms in total. The Hall–Kier alpha value is -8.02. The molecule has 0 saturated carbocycles. The Balaban J connectivity index is 1.01. The number of amidine groups is 2. The maximum Gasteiger partial charge on any atom is 0.159 e. The average Bonchev–Trinajstić information content (AvgIpc) is 3.63. The number of allylic oxidation sites excluding steroid dienone is 2. The smallest absolute Gasteiger partial charge is 0.159 e. The SMILES string of the molecule is C1=CC2c3ccccc3-c3ccc4c5ccccc5n(-c5ccccc5)c4c3N(c3cccc(-c4ccc(C5=NC(c6ccccc6)=NC(c6ccccc6)N5)cc4)c3)C2C=C1. The monoisotopic (exact) mass is 795 g/mol. The van der Waals surface area contributed by atoms with E-state index in [0.717, 1.165) is 50.9 Å². The van der Waals surface area contributed by atoms with Crippen molar-refractivity contribution >= 4 is 44.9 Å². The Morgan fingerprint density at radius 3 is 2.00 bits per heavy atom. The summed E-state index contributed by atoms with van der Waals surface area (Å²) in [5, 5.41) is 6.11. The van der Waals surface area contributed by atoms with Gasteiger partial charge in [0.2, 0.25) is 0 Å². The highest BCUT2D eigenvalue weighted by molar-refractivity contribution is 6.17. The molecule has 8 aromatic carbocycles. The van der Waals surface area contributed by atoms with Gasteiger partial charge in [-0.2, -0.15) is 0 Å². The van der Waals surface area contributed by atoms with E-state index in [0.29, 0.717) is 0 Å². The molecular formula is C57H41N5. The van der Waals surface area contributed by atoms with Crippen LogP contribution in [0.3, 0.4) is 0 Å². The lowest BCUT2D eigenvalue weighted by Crippen LogP contribution is -2.34. The molecule has 294 valence electrons. The quantitative estimate of drug-likeness (QED) is 0.182. The van der Waals surface area contributed by atoms with Crippen molar-refractivity contribution < 1.29 is 0 Å². The third-order valence-electron chi connectivity index (χ3n) is 12.6. The summed E-state index contributed by atoms with van der Waals surface area (Å²) >= 11 is 0. The third kappa shape index (κ3) is 6.01. The molecule has 1 aromatic heterocycles. The number of nitrogens with one attached hydrogen (secondary N) is 1. The zero-order valence-electron chi connectivity index (χ0n) is 33.9. The van der Waals surface area contributed by atoms with Gasteiger partial charge in [0.05, 0.1) is 22.8 Å². The average molecular weight is 796 g/mol. The van der Waals surface area contributed by atoms with E-state index in [1.165, 1.54) is 44.2 Å². The summed E-state index contributed by atoms with van der Waals surface area (Å²) in [5.41, 5.74) is 15.1. The molecule has 0 radical (unpaired) electrons. The molecule has 0 saturated heterocycles. The van der Waals surface area contributed by atoms with Crippen LogP contribution < -0.4 is 10.2 Å². The van der Waals surface area contributed by atoms with Crippen LogP contribution in [0.1, 0.15) is 34.3 Å². The van der Waals surface area contributed by atoms with E-state index in [9.17, 15) is 0 Å². The van der Waals surface area contributed by atoms with Gasteiger partial charge in [0.15, 0.2) is 5.84 Å². The molecule has 62 heavy (non-hydrogen) atoms. The van der Waals surface area contributed by atoms with Gasteiger partial charge < -0.3 is 14.8 Å². The molecule has 3 heterocycles. The molecule has 5 heteroatoms. The molecule has 0 fully saturated rings. The fourth-order valence-electron chi connectivity index (χ4n) is 9.73. The van der Waals surface area contributed by atoms with Crippen molar-refractivity contribution in [3.8, 4) is 27.9 Å². The second-order valence-electron chi connectivity index (χ2n) is 16.2. The standard InChI is InChI=1S/C57H41N5/c1-4-17-39(18-5-1)55-58-56(40-19-6-2-7-20-40)60-57(59-55)41-33-31-38(32-34-41)42-21-16-24-44(37-42)62-51-29-14-12-27-47(51)45-25-10-11-26-46(45)49-35-36-50-48-28-13-15-30-52(48)61(54(50)53(49)62)43-22-8-3-9-23-43/h1-37,47,51,55H,(H,58,59,60). The van der Waals surface area contributed by atoms with Crippen molar-refractivity contribution in [2.45, 2.75) is 18.1 Å². The summed E-state index contributed by atoms with van der Waals surface area (Å²) in [6.45, 7) is 0. The summed E-state index contributed by atoms with van der Waals surface area (Å²) in [6, 6.07) is 71.8. The van der Waals surface area contributed by atoms with E-state index in [1.54, 1.807) is 0 Å². The number of aliphatic imine (C=N–C) groups is 2. The van der Waals surface area contributed by atoms with Crippen LogP contribution in [-0.2, 0) is 0 Å². The van der Waals surface area contributed by atoms with Gasteiger partial charge in [-0.25, -0.2) is 9.98 Å². The number of nitrogens with zero attached hydrogens (tertiary/aromatic N) is 4. The number of rotatable bonds is 6. The highest BCUT2D eigenvalue weighted by atomic mass is 15.2. The molecule has 3 atom stereocenters. The van der Waals surface area contributed by atoms with Gasteiger partial charge in [-0.05, 0) is 58.1 Å². The van der Waals surface area contributed by atoms with E-state index in [4.69, 9.17) is 9.98 Å². The molecule has 1 N–H and O–H groups in total. The van der Waals surface area contributed by atoms with Crippen molar-refractivity contribution in [1.82, 2.24) is 9.88 Å². The van der Waals surface area contributed by atoms with E-state index >= 15 is 0 Å². The molecule has 0 bridgehead atoms. The van der Waals surface area contributed by atoms with Gasteiger partial charge >= 0.3 is 0 Å². The Morgan fingerprint density at radius 2 is 1.16 bits per heavy atom. The number of hydrogen-bond acceptors (Lipinski definition) is 4. The summed E-state index contributed by atoms with van der Waals surface area (Å²) in [5.74, 6) is 1.66. The van der Waals surface area contributed by atoms with Gasteiger partial charge in [-0.1, -0.05) is 194 Å². The third-order valence-corrected chi connectivity index (χ3v) is 12.6. The number of anilines is 2. The molecular weight excluding hydrogens is 755 g/mol. The first-order valence-electron chi connectivity index (χ1n) is 21.4. The van der Waals surface area contributed by atoms with Crippen LogP contribution in [0.25, 0.3) is 49.7 Å². The lowest BCUT2D eigenvalue weighted by atomic mass is 9.85. The first-order valence-corrected chi connectivity index (χ1v) is 21.4. The lowest BCUT2D eigenvalue weighted by molar-refractivity contribution is 0.674. The topological polar surface area (TPSA) is 44.9 Å². The number of para-hydroxylation sites is 2. The van der Waals surface area contributed by atoms with Crippen LogP contribution in [0.15, 0.2) is 234 Å². The van der Waals surface area contributed by atoms with Crippen molar-refractivity contribution in [2.24, 2.45) is 9.98 Å². The number of aromatic nitrogens is 1.